The molecule has 0 spiro atoms. The molecule has 0 radical (unpaired) electrons. The van der Waals surface area contributed by atoms with Gasteiger partial charge >= 0.3 is 5.97 Å². The van der Waals surface area contributed by atoms with Crippen molar-refractivity contribution in [3.63, 3.8) is 0 Å². The number of esters is 1. The maximum absolute atomic E-state index is 11.0. The van der Waals surface area contributed by atoms with Crippen LogP contribution in [0.25, 0.3) is 0 Å². The number of rotatable bonds is 4. The van der Waals surface area contributed by atoms with Gasteiger partial charge in [0.2, 0.25) is 0 Å². The van der Waals surface area contributed by atoms with E-state index < -0.39 is 5.97 Å². The molecule has 0 aliphatic heterocycles. The van der Waals surface area contributed by atoms with Crippen LogP contribution in [-0.4, -0.2) is 19.2 Å². The van der Waals surface area contributed by atoms with Crippen molar-refractivity contribution in [3.8, 4) is 11.8 Å². The van der Waals surface area contributed by atoms with Gasteiger partial charge in [-0.25, -0.2) is 4.79 Å². The standard InChI is InChI=1S/C11H12N2O3/c1-2-15-11(14)7-16-10-4-3-9(13)5-8(10)6-12/h3-5H,2,7,13H2,1H3. The first-order valence-electron chi connectivity index (χ1n) is 4.75. The zero-order valence-corrected chi connectivity index (χ0v) is 8.90. The van der Waals surface area contributed by atoms with E-state index in [9.17, 15) is 4.79 Å². The van der Waals surface area contributed by atoms with Crippen LogP contribution in [0.5, 0.6) is 5.75 Å². The number of hydrogen-bond donors (Lipinski definition) is 1. The van der Waals surface area contributed by atoms with Crippen LogP contribution in [0.3, 0.4) is 0 Å². The summed E-state index contributed by atoms with van der Waals surface area (Å²) in [6.07, 6.45) is 0. The number of benzene rings is 1. The van der Waals surface area contributed by atoms with Gasteiger partial charge in [0.05, 0.1) is 12.2 Å². The van der Waals surface area contributed by atoms with Crippen LogP contribution in [0.15, 0.2) is 18.2 Å². The zero-order valence-electron chi connectivity index (χ0n) is 8.90. The topological polar surface area (TPSA) is 85.3 Å². The first-order chi connectivity index (χ1) is 7.67. The van der Waals surface area contributed by atoms with Gasteiger partial charge in [0.25, 0.3) is 0 Å². The summed E-state index contributed by atoms with van der Waals surface area (Å²) in [5.74, 6) is -0.145. The molecule has 0 fully saturated rings. The number of ether oxygens (including phenoxy) is 2. The Morgan fingerprint density at radius 2 is 2.31 bits per heavy atom. The van der Waals surface area contributed by atoms with E-state index in [1.54, 1.807) is 19.1 Å². The maximum Gasteiger partial charge on any atom is 0.344 e. The van der Waals surface area contributed by atoms with Crippen molar-refractivity contribution in [3.05, 3.63) is 23.8 Å². The first-order valence-corrected chi connectivity index (χ1v) is 4.75. The quantitative estimate of drug-likeness (QED) is 0.606. The lowest BCUT2D eigenvalue weighted by Gasteiger charge is -2.07. The molecule has 0 aromatic heterocycles. The second-order valence-electron chi connectivity index (χ2n) is 2.96. The summed E-state index contributed by atoms with van der Waals surface area (Å²) >= 11 is 0. The molecule has 16 heavy (non-hydrogen) atoms. The Kier molecular flexibility index (Phi) is 4.16. The summed E-state index contributed by atoms with van der Waals surface area (Å²) in [4.78, 5) is 11.0. The van der Waals surface area contributed by atoms with Gasteiger partial charge in [0, 0.05) is 5.69 Å². The molecule has 1 rings (SSSR count). The normalized spacial score (nSPS) is 9.25. The molecule has 5 heteroatoms. The van der Waals surface area contributed by atoms with Gasteiger partial charge in [0.1, 0.15) is 11.8 Å². The smallest absolute Gasteiger partial charge is 0.344 e. The molecule has 2 N–H and O–H groups in total. The number of hydrogen-bond acceptors (Lipinski definition) is 5. The average molecular weight is 220 g/mol. The number of anilines is 1. The highest BCUT2D eigenvalue weighted by molar-refractivity contribution is 5.71. The van der Waals surface area contributed by atoms with Crippen molar-refractivity contribution in [1.82, 2.24) is 0 Å². The minimum Gasteiger partial charge on any atom is -0.481 e. The van der Waals surface area contributed by atoms with E-state index >= 15 is 0 Å². The molecule has 0 aliphatic carbocycles. The van der Waals surface area contributed by atoms with Crippen molar-refractivity contribution < 1.29 is 14.3 Å². The van der Waals surface area contributed by atoms with Crippen LogP contribution in [-0.2, 0) is 9.53 Å². The van der Waals surface area contributed by atoms with Crippen LogP contribution >= 0.6 is 0 Å². The molecule has 0 amide bonds. The van der Waals surface area contributed by atoms with Crippen molar-refractivity contribution >= 4 is 11.7 Å². The zero-order chi connectivity index (χ0) is 12.0. The lowest BCUT2D eigenvalue weighted by molar-refractivity contribution is -0.145. The molecular weight excluding hydrogens is 208 g/mol. The summed E-state index contributed by atoms with van der Waals surface area (Å²) in [6.45, 7) is 1.79. The Bertz CT molecular complexity index is 424. The molecule has 0 unspecified atom stereocenters. The summed E-state index contributed by atoms with van der Waals surface area (Å²) in [5.41, 5.74) is 6.28. The summed E-state index contributed by atoms with van der Waals surface area (Å²) in [6, 6.07) is 6.57. The highest BCUT2D eigenvalue weighted by Crippen LogP contribution is 2.20. The number of nitrogen functional groups attached to an aromatic ring is 1. The fourth-order valence-corrected chi connectivity index (χ4v) is 1.10. The van der Waals surface area contributed by atoms with E-state index in [1.165, 1.54) is 6.07 Å². The molecule has 0 saturated carbocycles. The Morgan fingerprint density at radius 3 is 2.94 bits per heavy atom. The third-order valence-electron chi connectivity index (χ3n) is 1.77. The lowest BCUT2D eigenvalue weighted by atomic mass is 10.2. The van der Waals surface area contributed by atoms with Crippen LogP contribution in [0.2, 0.25) is 0 Å². The first kappa shape index (κ1) is 11.9. The third kappa shape index (κ3) is 3.17. The molecule has 84 valence electrons. The Balaban J connectivity index is 2.67. The molecule has 1 aromatic carbocycles. The molecular formula is C11H12N2O3. The predicted molar refractivity (Wildman–Crippen MR) is 57.7 cm³/mol. The van der Waals surface area contributed by atoms with Gasteiger partial charge in [0.15, 0.2) is 6.61 Å². The van der Waals surface area contributed by atoms with Crippen LogP contribution in [0.1, 0.15) is 12.5 Å². The lowest BCUT2D eigenvalue weighted by Crippen LogP contribution is -2.15. The van der Waals surface area contributed by atoms with E-state index in [-0.39, 0.29) is 6.61 Å². The van der Waals surface area contributed by atoms with Crippen LogP contribution in [0.4, 0.5) is 5.69 Å². The fourth-order valence-electron chi connectivity index (χ4n) is 1.10. The Morgan fingerprint density at radius 1 is 1.56 bits per heavy atom. The molecule has 5 nitrogen and oxygen atoms in total. The number of nitrogens with zero attached hydrogens (tertiary/aromatic N) is 1. The monoisotopic (exact) mass is 220 g/mol. The molecule has 0 heterocycles. The van der Waals surface area contributed by atoms with E-state index in [1.807, 2.05) is 6.07 Å². The van der Waals surface area contributed by atoms with Gasteiger partial charge in [-0.2, -0.15) is 5.26 Å². The maximum atomic E-state index is 11.0. The van der Waals surface area contributed by atoms with Gasteiger partial charge in [-0.05, 0) is 25.1 Å². The van der Waals surface area contributed by atoms with Crippen molar-refractivity contribution in [2.45, 2.75) is 6.92 Å². The molecule has 0 bridgehead atoms. The third-order valence-corrected chi connectivity index (χ3v) is 1.77. The number of nitrogens with two attached hydrogens (primary N) is 1. The minimum absolute atomic E-state index is 0.216. The van der Waals surface area contributed by atoms with E-state index in [0.717, 1.165) is 0 Å². The highest BCUT2D eigenvalue weighted by atomic mass is 16.6. The van der Waals surface area contributed by atoms with E-state index in [0.29, 0.717) is 23.6 Å². The van der Waals surface area contributed by atoms with Gasteiger partial charge in [-0.15, -0.1) is 0 Å². The molecule has 0 atom stereocenters. The fraction of sp³-hybridized carbons (Fsp3) is 0.273. The Labute approximate surface area is 93.4 Å². The SMILES string of the molecule is CCOC(=O)COc1ccc(N)cc1C#N. The number of carbonyl (C=O) groups excluding carboxylic acids is 1. The minimum atomic E-state index is -0.469. The van der Waals surface area contributed by atoms with Crippen LogP contribution < -0.4 is 10.5 Å². The molecule has 1 aromatic rings. The van der Waals surface area contributed by atoms with Crippen molar-refractivity contribution in [2.24, 2.45) is 0 Å². The van der Waals surface area contributed by atoms with Gasteiger partial charge < -0.3 is 15.2 Å². The molecule has 0 aliphatic rings. The number of carbonyl (C=O) groups is 1. The summed E-state index contributed by atoms with van der Waals surface area (Å²) in [5, 5.41) is 8.81. The number of nitriles is 1. The largest absolute Gasteiger partial charge is 0.481 e. The second-order valence-corrected chi connectivity index (χ2v) is 2.96. The van der Waals surface area contributed by atoms with Gasteiger partial charge in [-0.3, -0.25) is 0 Å². The Hall–Kier alpha value is -2.22. The van der Waals surface area contributed by atoms with E-state index in [4.69, 9.17) is 15.7 Å². The van der Waals surface area contributed by atoms with Crippen molar-refractivity contribution in [1.29, 1.82) is 5.26 Å². The summed E-state index contributed by atoms with van der Waals surface area (Å²) in [7, 11) is 0. The van der Waals surface area contributed by atoms with E-state index in [2.05, 4.69) is 4.74 Å². The summed E-state index contributed by atoms with van der Waals surface area (Å²) < 4.78 is 9.83. The molecule has 0 saturated heterocycles. The predicted octanol–water partition coefficient (Wildman–Crippen LogP) is 1.08. The highest BCUT2D eigenvalue weighted by Gasteiger charge is 2.07. The van der Waals surface area contributed by atoms with Gasteiger partial charge in [-0.1, -0.05) is 0 Å². The van der Waals surface area contributed by atoms with Crippen molar-refractivity contribution in [2.75, 3.05) is 18.9 Å². The second kappa shape index (κ2) is 5.61. The average Bonchev–Trinajstić information content (AvgIpc) is 2.27. The van der Waals surface area contributed by atoms with Crippen LogP contribution in [0, 0.1) is 11.3 Å².